The van der Waals surface area contributed by atoms with Gasteiger partial charge in [-0.2, -0.15) is 0 Å². The van der Waals surface area contributed by atoms with Gasteiger partial charge < -0.3 is 9.32 Å². The lowest BCUT2D eigenvalue weighted by Crippen LogP contribution is -2.09. The Kier molecular flexibility index (Phi) is 7.69. The number of nitrogens with zero attached hydrogens (tertiary/aromatic N) is 5. The standard InChI is InChI=1S/C48H31N5O/c1-2-9-34(10-3-1)47-46-37(13-8-28-49-46)30-44(51-47)33-18-24-40(25-19-33)53(41-26-20-35(21-27-41)48-52-42-14-6-7-15-45(42)54-48)39-22-16-32(17-23-39)43-29-36-11-4-5-12-38(36)31-50-43/h1-31H. The van der Waals surface area contributed by atoms with E-state index in [-0.39, 0.29) is 0 Å². The van der Waals surface area contributed by atoms with E-state index in [1.54, 1.807) is 0 Å². The van der Waals surface area contributed by atoms with Crippen LogP contribution in [0.5, 0.6) is 0 Å². The molecule has 0 atom stereocenters. The Bertz CT molecular complexity index is 2890. The summed E-state index contributed by atoms with van der Waals surface area (Å²) >= 11 is 0. The van der Waals surface area contributed by atoms with Crippen molar-refractivity contribution in [2.24, 2.45) is 0 Å². The lowest BCUT2D eigenvalue weighted by atomic mass is 10.0. The molecule has 0 aliphatic carbocycles. The minimum Gasteiger partial charge on any atom is -0.436 e. The summed E-state index contributed by atoms with van der Waals surface area (Å²) in [5.74, 6) is 0.596. The van der Waals surface area contributed by atoms with Crippen molar-refractivity contribution in [3.63, 3.8) is 0 Å². The fourth-order valence-electron chi connectivity index (χ4n) is 7.03. The normalized spacial score (nSPS) is 11.3. The van der Waals surface area contributed by atoms with Gasteiger partial charge in [0.05, 0.1) is 22.6 Å². The van der Waals surface area contributed by atoms with Gasteiger partial charge in [-0.1, -0.05) is 97.1 Å². The molecule has 4 heterocycles. The molecule has 0 spiro atoms. The molecule has 10 rings (SSSR count). The highest BCUT2D eigenvalue weighted by molar-refractivity contribution is 5.94. The first kappa shape index (κ1) is 31.3. The number of hydrogen-bond donors (Lipinski definition) is 0. The molecule has 0 bridgehead atoms. The highest BCUT2D eigenvalue weighted by atomic mass is 16.3. The van der Waals surface area contributed by atoms with Crippen LogP contribution >= 0.6 is 0 Å². The molecule has 0 unspecified atom stereocenters. The summed E-state index contributed by atoms with van der Waals surface area (Å²) in [7, 11) is 0. The molecule has 0 aliphatic heterocycles. The molecule has 254 valence electrons. The molecule has 10 aromatic rings. The van der Waals surface area contributed by atoms with Gasteiger partial charge in [-0.15, -0.1) is 0 Å². The maximum absolute atomic E-state index is 6.08. The van der Waals surface area contributed by atoms with Crippen LogP contribution in [-0.2, 0) is 0 Å². The largest absolute Gasteiger partial charge is 0.436 e. The zero-order valence-electron chi connectivity index (χ0n) is 29.0. The Morgan fingerprint density at radius 3 is 1.74 bits per heavy atom. The second-order valence-corrected chi connectivity index (χ2v) is 13.2. The number of aromatic nitrogens is 4. The Morgan fingerprint density at radius 1 is 0.426 bits per heavy atom. The van der Waals surface area contributed by atoms with Gasteiger partial charge in [0.25, 0.3) is 0 Å². The maximum atomic E-state index is 6.08. The van der Waals surface area contributed by atoms with Crippen molar-refractivity contribution in [1.29, 1.82) is 0 Å². The third-order valence-electron chi connectivity index (χ3n) is 9.77. The van der Waals surface area contributed by atoms with E-state index in [4.69, 9.17) is 19.4 Å². The van der Waals surface area contributed by atoms with Crippen molar-refractivity contribution in [3.05, 3.63) is 188 Å². The molecule has 0 amide bonds. The smallest absolute Gasteiger partial charge is 0.227 e. The van der Waals surface area contributed by atoms with E-state index >= 15 is 0 Å². The molecule has 0 fully saturated rings. The Balaban J connectivity index is 1.04. The van der Waals surface area contributed by atoms with Crippen LogP contribution in [-0.4, -0.2) is 19.9 Å². The van der Waals surface area contributed by atoms with E-state index in [9.17, 15) is 0 Å². The van der Waals surface area contributed by atoms with Crippen LogP contribution in [0.2, 0.25) is 0 Å². The van der Waals surface area contributed by atoms with Crippen LogP contribution in [0.25, 0.3) is 78.0 Å². The number of fused-ring (bicyclic) bond motifs is 3. The van der Waals surface area contributed by atoms with Gasteiger partial charge in [0.1, 0.15) is 5.52 Å². The average Bonchev–Trinajstić information content (AvgIpc) is 3.69. The molecule has 4 aromatic heterocycles. The van der Waals surface area contributed by atoms with Crippen LogP contribution in [0, 0.1) is 0 Å². The lowest BCUT2D eigenvalue weighted by Gasteiger charge is -2.26. The summed E-state index contributed by atoms with van der Waals surface area (Å²) in [5, 5.41) is 3.34. The number of anilines is 3. The van der Waals surface area contributed by atoms with Crippen molar-refractivity contribution < 1.29 is 4.42 Å². The molecular weight excluding hydrogens is 663 g/mol. The zero-order valence-corrected chi connectivity index (χ0v) is 29.0. The monoisotopic (exact) mass is 693 g/mol. The number of rotatable bonds is 7. The van der Waals surface area contributed by atoms with Gasteiger partial charge in [-0.25, -0.2) is 9.97 Å². The second kappa shape index (κ2) is 13.3. The molecular formula is C48H31N5O. The van der Waals surface area contributed by atoms with Crippen molar-refractivity contribution in [2.75, 3.05) is 4.90 Å². The van der Waals surface area contributed by atoms with Gasteiger partial charge >= 0.3 is 0 Å². The van der Waals surface area contributed by atoms with Crippen LogP contribution in [0.3, 0.4) is 0 Å². The van der Waals surface area contributed by atoms with Crippen LogP contribution < -0.4 is 4.90 Å². The Morgan fingerprint density at radius 2 is 1.02 bits per heavy atom. The minimum absolute atomic E-state index is 0.596. The summed E-state index contributed by atoms with van der Waals surface area (Å²) in [6, 6.07) is 60.2. The molecule has 0 N–H and O–H groups in total. The van der Waals surface area contributed by atoms with E-state index in [1.807, 2.05) is 67.0 Å². The highest BCUT2D eigenvalue weighted by Gasteiger charge is 2.17. The van der Waals surface area contributed by atoms with E-state index in [0.717, 1.165) is 83.8 Å². The quantitative estimate of drug-likeness (QED) is 0.165. The Labute approximate surface area is 311 Å². The minimum atomic E-state index is 0.596. The van der Waals surface area contributed by atoms with Gasteiger partial charge in [0, 0.05) is 62.5 Å². The average molecular weight is 694 g/mol. The molecule has 0 radical (unpaired) electrons. The summed E-state index contributed by atoms with van der Waals surface area (Å²) < 4.78 is 6.08. The summed E-state index contributed by atoms with van der Waals surface area (Å²) in [4.78, 5) is 21.6. The van der Waals surface area contributed by atoms with E-state index in [0.29, 0.717) is 5.89 Å². The molecule has 0 saturated heterocycles. The highest BCUT2D eigenvalue weighted by Crippen LogP contribution is 2.38. The zero-order chi connectivity index (χ0) is 35.8. The third kappa shape index (κ3) is 5.82. The van der Waals surface area contributed by atoms with Gasteiger partial charge in [0.2, 0.25) is 5.89 Å². The Hall–Kier alpha value is -7.44. The molecule has 6 nitrogen and oxygen atoms in total. The van der Waals surface area contributed by atoms with Crippen LogP contribution in [0.4, 0.5) is 17.1 Å². The fourth-order valence-corrected chi connectivity index (χ4v) is 7.03. The van der Waals surface area contributed by atoms with Crippen molar-refractivity contribution in [3.8, 4) is 45.2 Å². The predicted octanol–water partition coefficient (Wildman–Crippen LogP) is 12.5. The van der Waals surface area contributed by atoms with E-state index in [1.165, 1.54) is 5.39 Å². The lowest BCUT2D eigenvalue weighted by molar-refractivity contribution is 0.620. The topological polar surface area (TPSA) is 67.9 Å². The van der Waals surface area contributed by atoms with Crippen LogP contribution in [0.1, 0.15) is 0 Å². The van der Waals surface area contributed by atoms with Gasteiger partial charge in [0.15, 0.2) is 5.58 Å². The van der Waals surface area contributed by atoms with E-state index < -0.39 is 0 Å². The van der Waals surface area contributed by atoms with Gasteiger partial charge in [-0.3, -0.25) is 9.97 Å². The molecule has 54 heavy (non-hydrogen) atoms. The summed E-state index contributed by atoms with van der Waals surface area (Å²) in [6.07, 6.45) is 3.76. The summed E-state index contributed by atoms with van der Waals surface area (Å²) in [5.41, 5.74) is 12.2. The molecule has 0 saturated carbocycles. The number of oxazole rings is 1. The number of para-hydroxylation sites is 2. The van der Waals surface area contributed by atoms with E-state index in [2.05, 4.69) is 131 Å². The van der Waals surface area contributed by atoms with Crippen molar-refractivity contribution in [2.45, 2.75) is 0 Å². The number of benzene rings is 6. The number of pyridine rings is 3. The third-order valence-corrected chi connectivity index (χ3v) is 9.77. The fraction of sp³-hybridized carbons (Fsp3) is 0. The molecule has 6 heteroatoms. The second-order valence-electron chi connectivity index (χ2n) is 13.2. The molecule has 0 aliphatic rings. The predicted molar refractivity (Wildman–Crippen MR) is 219 cm³/mol. The SMILES string of the molecule is c1ccc(-c2nc(-c3ccc(N(c4ccc(-c5cc6ccccc6cn5)cc4)c4ccc(-c5nc6ccccc6o5)cc4)cc3)cc3cccnc23)cc1. The summed E-state index contributed by atoms with van der Waals surface area (Å²) in [6.45, 7) is 0. The first-order valence-electron chi connectivity index (χ1n) is 17.9. The first-order chi connectivity index (χ1) is 26.7. The van der Waals surface area contributed by atoms with Crippen molar-refractivity contribution >= 4 is 49.8 Å². The van der Waals surface area contributed by atoms with Crippen molar-refractivity contribution in [1.82, 2.24) is 19.9 Å². The van der Waals surface area contributed by atoms with Crippen LogP contribution in [0.15, 0.2) is 193 Å². The first-order valence-corrected chi connectivity index (χ1v) is 17.9. The maximum Gasteiger partial charge on any atom is 0.227 e. The molecule has 6 aromatic carbocycles. The number of hydrogen-bond acceptors (Lipinski definition) is 6. The van der Waals surface area contributed by atoms with Gasteiger partial charge in [-0.05, 0) is 84.2 Å².